The van der Waals surface area contributed by atoms with E-state index < -0.39 is 0 Å². The zero-order valence-corrected chi connectivity index (χ0v) is 11.5. The summed E-state index contributed by atoms with van der Waals surface area (Å²) in [5.41, 5.74) is 0.611. The Morgan fingerprint density at radius 3 is 3.00 bits per heavy atom. The standard InChI is InChI=1S/C14H22N4O/c1-15-13(19)14(6-2-3-8-18-14)7-4-5-12-11-16-9-10-17-12/h9-11,18H,2-8H2,1H3,(H,15,19). The Bertz CT molecular complexity index is 401. The second kappa shape index (κ2) is 6.61. The van der Waals surface area contributed by atoms with Crippen LogP contribution in [0.5, 0.6) is 0 Å². The largest absolute Gasteiger partial charge is 0.358 e. The molecule has 0 aliphatic carbocycles. The van der Waals surface area contributed by atoms with E-state index in [0.717, 1.165) is 50.8 Å². The molecule has 0 bridgehead atoms. The van der Waals surface area contributed by atoms with Crippen molar-refractivity contribution < 1.29 is 4.79 Å². The van der Waals surface area contributed by atoms with Crippen molar-refractivity contribution in [1.29, 1.82) is 0 Å². The quantitative estimate of drug-likeness (QED) is 0.832. The van der Waals surface area contributed by atoms with Crippen LogP contribution in [-0.2, 0) is 11.2 Å². The molecule has 1 aliphatic rings. The fraction of sp³-hybridized carbons (Fsp3) is 0.643. The number of hydrogen-bond acceptors (Lipinski definition) is 4. The van der Waals surface area contributed by atoms with Gasteiger partial charge in [0.2, 0.25) is 5.91 Å². The molecule has 0 radical (unpaired) electrons. The van der Waals surface area contributed by atoms with Gasteiger partial charge in [0, 0.05) is 25.6 Å². The first kappa shape index (κ1) is 13.9. The number of carbonyl (C=O) groups is 1. The number of likely N-dealkylation sites (N-methyl/N-ethyl adjacent to an activating group) is 1. The highest BCUT2D eigenvalue weighted by Gasteiger charge is 2.37. The van der Waals surface area contributed by atoms with Gasteiger partial charge in [0.15, 0.2) is 0 Å². The average molecular weight is 262 g/mol. The van der Waals surface area contributed by atoms with Crippen molar-refractivity contribution in [2.45, 2.75) is 44.1 Å². The van der Waals surface area contributed by atoms with Gasteiger partial charge in [-0.2, -0.15) is 0 Å². The van der Waals surface area contributed by atoms with E-state index in [1.165, 1.54) is 0 Å². The molecule has 0 saturated carbocycles. The lowest BCUT2D eigenvalue weighted by molar-refractivity contribution is -0.128. The molecule has 0 aromatic carbocycles. The molecule has 1 atom stereocenters. The third kappa shape index (κ3) is 3.50. The maximum atomic E-state index is 12.1. The molecular formula is C14H22N4O. The van der Waals surface area contributed by atoms with Crippen molar-refractivity contribution in [1.82, 2.24) is 20.6 Å². The minimum absolute atomic E-state index is 0.117. The first-order valence-corrected chi connectivity index (χ1v) is 6.99. The first-order chi connectivity index (χ1) is 9.27. The Hall–Kier alpha value is -1.49. The highest BCUT2D eigenvalue weighted by molar-refractivity contribution is 5.86. The fourth-order valence-corrected chi connectivity index (χ4v) is 2.76. The molecule has 1 unspecified atom stereocenters. The van der Waals surface area contributed by atoms with Gasteiger partial charge >= 0.3 is 0 Å². The van der Waals surface area contributed by atoms with Gasteiger partial charge in [0.25, 0.3) is 0 Å². The summed E-state index contributed by atoms with van der Waals surface area (Å²) in [7, 11) is 1.71. The second-order valence-electron chi connectivity index (χ2n) is 5.10. The van der Waals surface area contributed by atoms with Crippen LogP contribution in [0.3, 0.4) is 0 Å². The van der Waals surface area contributed by atoms with Crippen molar-refractivity contribution in [2.75, 3.05) is 13.6 Å². The van der Waals surface area contributed by atoms with E-state index in [4.69, 9.17) is 0 Å². The molecule has 1 aromatic heterocycles. The monoisotopic (exact) mass is 262 g/mol. The molecule has 2 N–H and O–H groups in total. The predicted octanol–water partition coefficient (Wildman–Crippen LogP) is 1.06. The van der Waals surface area contributed by atoms with E-state index in [-0.39, 0.29) is 11.4 Å². The zero-order valence-electron chi connectivity index (χ0n) is 11.5. The molecule has 2 heterocycles. The minimum Gasteiger partial charge on any atom is -0.358 e. The van der Waals surface area contributed by atoms with E-state index in [1.807, 2.05) is 0 Å². The number of nitrogens with zero attached hydrogens (tertiary/aromatic N) is 2. The highest BCUT2D eigenvalue weighted by atomic mass is 16.2. The molecule has 1 aliphatic heterocycles. The molecule has 1 aromatic rings. The van der Waals surface area contributed by atoms with Gasteiger partial charge in [-0.1, -0.05) is 0 Å². The third-order valence-electron chi connectivity index (χ3n) is 3.81. The predicted molar refractivity (Wildman–Crippen MR) is 73.6 cm³/mol. The number of aromatic nitrogens is 2. The Kier molecular flexibility index (Phi) is 4.85. The van der Waals surface area contributed by atoms with Gasteiger partial charge in [0.1, 0.15) is 0 Å². The summed E-state index contributed by atoms with van der Waals surface area (Å²) < 4.78 is 0. The highest BCUT2D eigenvalue weighted by Crippen LogP contribution is 2.25. The Morgan fingerprint density at radius 1 is 1.47 bits per heavy atom. The van der Waals surface area contributed by atoms with E-state index in [9.17, 15) is 4.79 Å². The Balaban J connectivity index is 1.91. The van der Waals surface area contributed by atoms with Crippen LogP contribution in [0.15, 0.2) is 18.6 Å². The number of carbonyl (C=O) groups excluding carboxylic acids is 1. The Morgan fingerprint density at radius 2 is 2.37 bits per heavy atom. The van der Waals surface area contributed by atoms with Crippen LogP contribution in [0.2, 0.25) is 0 Å². The molecule has 1 amide bonds. The molecule has 1 saturated heterocycles. The number of aryl methyl sites for hydroxylation is 1. The summed E-state index contributed by atoms with van der Waals surface area (Å²) in [6, 6.07) is 0. The fourth-order valence-electron chi connectivity index (χ4n) is 2.76. The van der Waals surface area contributed by atoms with Crippen LogP contribution in [0.25, 0.3) is 0 Å². The summed E-state index contributed by atoms with van der Waals surface area (Å²) in [5, 5.41) is 6.22. The van der Waals surface area contributed by atoms with Crippen LogP contribution in [0.1, 0.15) is 37.8 Å². The lowest BCUT2D eigenvalue weighted by Crippen LogP contribution is -2.58. The first-order valence-electron chi connectivity index (χ1n) is 6.99. The molecule has 5 heteroatoms. The van der Waals surface area contributed by atoms with E-state index in [1.54, 1.807) is 25.6 Å². The van der Waals surface area contributed by atoms with E-state index in [0.29, 0.717) is 0 Å². The Labute approximate surface area is 114 Å². The van der Waals surface area contributed by atoms with E-state index >= 15 is 0 Å². The molecular weight excluding hydrogens is 240 g/mol. The number of amides is 1. The molecule has 19 heavy (non-hydrogen) atoms. The summed E-state index contributed by atoms with van der Waals surface area (Å²) in [4.78, 5) is 20.5. The number of rotatable bonds is 5. The SMILES string of the molecule is CNC(=O)C1(CCCc2cnccn2)CCCCN1. The number of nitrogens with one attached hydrogen (secondary N) is 2. The van der Waals surface area contributed by atoms with Crippen molar-refractivity contribution in [2.24, 2.45) is 0 Å². The molecule has 2 rings (SSSR count). The summed E-state index contributed by atoms with van der Waals surface area (Å²) in [6.45, 7) is 0.929. The van der Waals surface area contributed by atoms with Gasteiger partial charge in [-0.25, -0.2) is 0 Å². The number of hydrogen-bond donors (Lipinski definition) is 2. The molecule has 5 nitrogen and oxygen atoms in total. The second-order valence-corrected chi connectivity index (χ2v) is 5.10. The topological polar surface area (TPSA) is 66.9 Å². The van der Waals surface area contributed by atoms with Crippen LogP contribution in [0, 0.1) is 0 Å². The maximum Gasteiger partial charge on any atom is 0.240 e. The van der Waals surface area contributed by atoms with Gasteiger partial charge in [-0.05, 0) is 45.1 Å². The van der Waals surface area contributed by atoms with Gasteiger partial charge < -0.3 is 10.6 Å². The lowest BCUT2D eigenvalue weighted by atomic mass is 9.83. The molecule has 0 spiro atoms. The minimum atomic E-state index is -0.380. The van der Waals surface area contributed by atoms with Gasteiger partial charge in [-0.3, -0.25) is 14.8 Å². The molecule has 104 valence electrons. The van der Waals surface area contributed by atoms with Crippen molar-refractivity contribution in [3.05, 3.63) is 24.3 Å². The van der Waals surface area contributed by atoms with Crippen LogP contribution in [0.4, 0.5) is 0 Å². The molecule has 1 fully saturated rings. The lowest BCUT2D eigenvalue weighted by Gasteiger charge is -2.36. The van der Waals surface area contributed by atoms with Crippen molar-refractivity contribution >= 4 is 5.91 Å². The number of piperidine rings is 1. The van der Waals surface area contributed by atoms with Crippen molar-refractivity contribution in [3.8, 4) is 0 Å². The van der Waals surface area contributed by atoms with Gasteiger partial charge in [-0.15, -0.1) is 0 Å². The van der Waals surface area contributed by atoms with E-state index in [2.05, 4.69) is 20.6 Å². The van der Waals surface area contributed by atoms with Crippen LogP contribution in [-0.4, -0.2) is 35.0 Å². The zero-order chi connectivity index (χ0) is 13.6. The summed E-state index contributed by atoms with van der Waals surface area (Å²) in [6.07, 6.45) is 11.0. The summed E-state index contributed by atoms with van der Waals surface area (Å²) in [5.74, 6) is 0.117. The van der Waals surface area contributed by atoms with Crippen LogP contribution < -0.4 is 10.6 Å². The summed E-state index contributed by atoms with van der Waals surface area (Å²) >= 11 is 0. The van der Waals surface area contributed by atoms with Crippen molar-refractivity contribution in [3.63, 3.8) is 0 Å². The third-order valence-corrected chi connectivity index (χ3v) is 3.81. The normalized spacial score (nSPS) is 23.0. The van der Waals surface area contributed by atoms with Gasteiger partial charge in [0.05, 0.1) is 11.2 Å². The maximum absolute atomic E-state index is 12.1. The average Bonchev–Trinajstić information content (AvgIpc) is 2.48. The smallest absolute Gasteiger partial charge is 0.240 e. The van der Waals surface area contributed by atoms with Crippen LogP contribution >= 0.6 is 0 Å².